The first kappa shape index (κ1) is 31.0. The summed E-state index contributed by atoms with van der Waals surface area (Å²) in [6, 6.07) is 0. The summed E-state index contributed by atoms with van der Waals surface area (Å²) in [6.07, 6.45) is 39.8. The maximum atomic E-state index is 2.37. The van der Waals surface area contributed by atoms with E-state index in [9.17, 15) is 0 Å². The number of hydrogen-bond acceptors (Lipinski definition) is 0. The molecule has 0 amide bonds. The zero-order chi connectivity index (χ0) is 22.7. The van der Waals surface area contributed by atoms with Gasteiger partial charge >= 0.3 is 0 Å². The minimum absolute atomic E-state index is 1.03. The van der Waals surface area contributed by atoms with Gasteiger partial charge in [0.2, 0.25) is 0 Å². The summed E-state index contributed by atoms with van der Waals surface area (Å²) < 4.78 is 0. The van der Waals surface area contributed by atoms with Crippen LogP contribution < -0.4 is 0 Å². The predicted molar refractivity (Wildman–Crippen MR) is 145 cm³/mol. The normalized spacial score (nSPS) is 12.5. The van der Waals surface area contributed by atoms with Gasteiger partial charge in [-0.3, -0.25) is 0 Å². The highest BCUT2D eigenvalue weighted by Crippen LogP contribution is 2.23. The first-order chi connectivity index (χ1) is 15.3. The molecule has 0 saturated heterocycles. The third kappa shape index (κ3) is 26.1. The molecule has 0 N–H and O–H groups in total. The molecule has 0 aromatic heterocycles. The van der Waals surface area contributed by atoms with E-state index in [0.717, 1.165) is 5.92 Å². The topological polar surface area (TPSA) is 0 Å². The van der Waals surface area contributed by atoms with E-state index in [2.05, 4.69) is 20.8 Å². The summed E-state index contributed by atoms with van der Waals surface area (Å²) in [4.78, 5) is 0. The first-order valence-electron chi connectivity index (χ1n) is 15.3. The maximum absolute atomic E-state index is 2.37. The van der Waals surface area contributed by atoms with E-state index in [1.54, 1.807) is 0 Å². The quantitative estimate of drug-likeness (QED) is 0.112. The molecule has 0 spiro atoms. The Morgan fingerprint density at radius 2 is 0.516 bits per heavy atom. The number of unbranched alkanes of at least 4 members (excludes halogenated alkanes) is 21. The lowest BCUT2D eigenvalue weighted by molar-refractivity contribution is 0.377. The Morgan fingerprint density at radius 1 is 0.258 bits per heavy atom. The molecule has 0 rings (SSSR count). The summed E-state index contributed by atoms with van der Waals surface area (Å²) in [5, 5.41) is 0. The monoisotopic (exact) mass is 437 g/mol. The van der Waals surface area contributed by atoms with Crippen molar-refractivity contribution in [3.63, 3.8) is 0 Å². The van der Waals surface area contributed by atoms with Crippen molar-refractivity contribution in [2.24, 2.45) is 5.92 Å². The van der Waals surface area contributed by atoms with Crippen molar-refractivity contribution >= 4 is 0 Å². The van der Waals surface area contributed by atoms with Crippen molar-refractivity contribution in [3.05, 3.63) is 0 Å². The van der Waals surface area contributed by atoms with Crippen LogP contribution in [0, 0.1) is 5.92 Å². The summed E-state index contributed by atoms with van der Waals surface area (Å²) >= 11 is 0. The van der Waals surface area contributed by atoms with Crippen molar-refractivity contribution in [1.29, 1.82) is 0 Å². The van der Waals surface area contributed by atoms with Gasteiger partial charge in [-0.25, -0.2) is 0 Å². The van der Waals surface area contributed by atoms with E-state index < -0.39 is 0 Å². The molecule has 0 fully saturated rings. The van der Waals surface area contributed by atoms with Gasteiger partial charge in [-0.1, -0.05) is 194 Å². The maximum Gasteiger partial charge on any atom is -0.0414 e. The average molecular weight is 437 g/mol. The zero-order valence-corrected chi connectivity index (χ0v) is 22.7. The highest BCUT2D eigenvalue weighted by atomic mass is 14.1. The zero-order valence-electron chi connectivity index (χ0n) is 22.7. The molecule has 0 aliphatic rings. The van der Waals surface area contributed by atoms with E-state index in [1.807, 2.05) is 0 Å². The minimum atomic E-state index is 1.03. The second kappa shape index (κ2) is 28.0. The summed E-state index contributed by atoms with van der Waals surface area (Å²) in [6.45, 7) is 7.00. The fourth-order valence-electron chi connectivity index (χ4n) is 5.21. The molecule has 0 aromatic rings. The molecule has 0 nitrogen and oxygen atoms in total. The molecule has 0 heterocycles. The van der Waals surface area contributed by atoms with Crippen molar-refractivity contribution in [2.45, 2.75) is 194 Å². The molecule has 1 atom stereocenters. The predicted octanol–water partition coefficient (Wildman–Crippen LogP) is 12.2. The van der Waals surface area contributed by atoms with Crippen LogP contribution >= 0.6 is 0 Å². The Kier molecular flexibility index (Phi) is 28.0. The lowest BCUT2D eigenvalue weighted by atomic mass is 9.90. The second-order valence-electron chi connectivity index (χ2n) is 10.7. The second-order valence-corrected chi connectivity index (χ2v) is 10.7. The van der Waals surface area contributed by atoms with Crippen LogP contribution in [-0.4, -0.2) is 0 Å². The van der Waals surface area contributed by atoms with Crippen LogP contribution in [-0.2, 0) is 0 Å². The van der Waals surface area contributed by atoms with Gasteiger partial charge < -0.3 is 0 Å². The standard InChI is InChI=1S/C31H64/c1-4-7-9-11-12-13-14-15-16-17-18-19-20-21-22-23-25-27-30-31(28-6-3)29-26-24-10-8-5-2/h31H,4-30H2,1-3H3. The molecule has 31 heavy (non-hydrogen) atoms. The van der Waals surface area contributed by atoms with E-state index in [0.29, 0.717) is 0 Å². The largest absolute Gasteiger partial charge is 0.0654 e. The number of rotatable bonds is 27. The molecular formula is C31H64. The van der Waals surface area contributed by atoms with Crippen LogP contribution in [0.1, 0.15) is 194 Å². The summed E-state index contributed by atoms with van der Waals surface area (Å²) in [5.41, 5.74) is 0. The van der Waals surface area contributed by atoms with Gasteiger partial charge in [0.1, 0.15) is 0 Å². The Labute approximate surface area is 200 Å². The summed E-state index contributed by atoms with van der Waals surface area (Å²) in [5.74, 6) is 1.03. The average Bonchev–Trinajstić information content (AvgIpc) is 2.78. The third-order valence-corrected chi connectivity index (χ3v) is 7.38. The van der Waals surface area contributed by atoms with Crippen LogP contribution in [0.3, 0.4) is 0 Å². The van der Waals surface area contributed by atoms with Crippen LogP contribution in [0.4, 0.5) is 0 Å². The van der Waals surface area contributed by atoms with Crippen LogP contribution in [0.5, 0.6) is 0 Å². The van der Waals surface area contributed by atoms with Crippen molar-refractivity contribution in [3.8, 4) is 0 Å². The highest BCUT2D eigenvalue weighted by Gasteiger charge is 2.07. The van der Waals surface area contributed by atoms with Crippen molar-refractivity contribution in [2.75, 3.05) is 0 Å². The number of hydrogen-bond donors (Lipinski definition) is 0. The molecule has 188 valence electrons. The van der Waals surface area contributed by atoms with Gasteiger partial charge in [0.15, 0.2) is 0 Å². The van der Waals surface area contributed by atoms with Gasteiger partial charge in [0.05, 0.1) is 0 Å². The Bertz CT molecular complexity index is 294. The van der Waals surface area contributed by atoms with E-state index in [4.69, 9.17) is 0 Å². The van der Waals surface area contributed by atoms with Gasteiger partial charge in [0, 0.05) is 0 Å². The van der Waals surface area contributed by atoms with Crippen molar-refractivity contribution in [1.82, 2.24) is 0 Å². The fraction of sp³-hybridized carbons (Fsp3) is 1.00. The summed E-state index contributed by atoms with van der Waals surface area (Å²) in [7, 11) is 0. The van der Waals surface area contributed by atoms with Crippen LogP contribution in [0.25, 0.3) is 0 Å². The molecule has 1 unspecified atom stereocenters. The molecule has 0 saturated carbocycles. The van der Waals surface area contributed by atoms with E-state index >= 15 is 0 Å². The van der Waals surface area contributed by atoms with Gasteiger partial charge in [-0.05, 0) is 5.92 Å². The molecule has 0 bridgehead atoms. The Morgan fingerprint density at radius 3 is 0.774 bits per heavy atom. The first-order valence-corrected chi connectivity index (χ1v) is 15.3. The minimum Gasteiger partial charge on any atom is -0.0654 e. The molecule has 0 aromatic carbocycles. The Hall–Kier alpha value is 0. The van der Waals surface area contributed by atoms with E-state index in [1.165, 1.54) is 173 Å². The molecule has 0 heteroatoms. The lowest BCUT2D eigenvalue weighted by Crippen LogP contribution is -2.00. The molecule has 0 radical (unpaired) electrons. The SMILES string of the molecule is CCCCCCCCCCCCCCCCCCCCC(CCC)CCCCCCC. The highest BCUT2D eigenvalue weighted by molar-refractivity contribution is 4.61. The third-order valence-electron chi connectivity index (χ3n) is 7.38. The van der Waals surface area contributed by atoms with Crippen molar-refractivity contribution < 1.29 is 0 Å². The molecule has 0 aliphatic heterocycles. The van der Waals surface area contributed by atoms with Gasteiger partial charge in [0.25, 0.3) is 0 Å². The van der Waals surface area contributed by atoms with Gasteiger partial charge in [-0.2, -0.15) is 0 Å². The van der Waals surface area contributed by atoms with E-state index in [-0.39, 0.29) is 0 Å². The molecular weight excluding hydrogens is 372 g/mol. The smallest absolute Gasteiger partial charge is 0.0414 e. The van der Waals surface area contributed by atoms with Crippen LogP contribution in [0.2, 0.25) is 0 Å². The van der Waals surface area contributed by atoms with Gasteiger partial charge in [-0.15, -0.1) is 0 Å². The van der Waals surface area contributed by atoms with Crippen LogP contribution in [0.15, 0.2) is 0 Å². The molecule has 0 aliphatic carbocycles. The Balaban J connectivity index is 3.26. The fourth-order valence-corrected chi connectivity index (χ4v) is 5.21. The lowest BCUT2D eigenvalue weighted by Gasteiger charge is -2.16.